The Labute approximate surface area is 218 Å². The number of rotatable bonds is 11. The number of nitrogens with zero attached hydrogens (tertiary/aromatic N) is 2. The van der Waals surface area contributed by atoms with Gasteiger partial charge in [0.05, 0.1) is 6.61 Å². The highest BCUT2D eigenvalue weighted by atomic mass is 16.5. The summed E-state index contributed by atoms with van der Waals surface area (Å²) in [5.41, 5.74) is 3.85. The van der Waals surface area contributed by atoms with Gasteiger partial charge < -0.3 is 19.5 Å². The normalized spacial score (nSPS) is 11.0. The van der Waals surface area contributed by atoms with E-state index in [1.54, 1.807) is 17.0 Å². The first-order valence-corrected chi connectivity index (χ1v) is 12.9. The van der Waals surface area contributed by atoms with Crippen LogP contribution in [0.5, 0.6) is 5.75 Å². The summed E-state index contributed by atoms with van der Waals surface area (Å²) in [5.74, 6) is 0.593. The molecule has 0 aliphatic rings. The minimum absolute atomic E-state index is 0.0241. The summed E-state index contributed by atoms with van der Waals surface area (Å²) in [5, 5.41) is 1.17. The van der Waals surface area contributed by atoms with E-state index >= 15 is 0 Å². The minimum atomic E-state index is -0.137. The molecule has 0 fully saturated rings. The predicted octanol–water partition coefficient (Wildman–Crippen LogP) is 5.69. The first-order chi connectivity index (χ1) is 18.0. The zero-order chi connectivity index (χ0) is 26.2. The van der Waals surface area contributed by atoms with Gasteiger partial charge in [-0.3, -0.25) is 9.59 Å². The van der Waals surface area contributed by atoms with Crippen LogP contribution in [0.2, 0.25) is 0 Å². The van der Waals surface area contributed by atoms with Crippen LogP contribution in [0.15, 0.2) is 85.1 Å². The molecule has 192 valence electrons. The second-order valence-corrected chi connectivity index (χ2v) is 9.39. The molecule has 0 spiro atoms. The third-order valence-electron chi connectivity index (χ3n) is 6.50. The maximum absolute atomic E-state index is 13.7. The van der Waals surface area contributed by atoms with Crippen molar-refractivity contribution in [2.24, 2.45) is 0 Å². The number of carbonyl (C=O) groups excluding carboxylic acids is 2. The fourth-order valence-electron chi connectivity index (χ4n) is 4.45. The van der Waals surface area contributed by atoms with Crippen molar-refractivity contribution >= 4 is 22.7 Å². The van der Waals surface area contributed by atoms with E-state index in [-0.39, 0.29) is 24.4 Å². The first-order valence-electron chi connectivity index (χ1n) is 12.9. The second-order valence-electron chi connectivity index (χ2n) is 9.39. The van der Waals surface area contributed by atoms with Crippen LogP contribution in [0.4, 0.5) is 0 Å². The summed E-state index contributed by atoms with van der Waals surface area (Å²) in [7, 11) is 0. The van der Waals surface area contributed by atoms with Crippen molar-refractivity contribution in [3.05, 3.63) is 102 Å². The Morgan fingerprint density at radius 3 is 2.32 bits per heavy atom. The molecule has 0 bridgehead atoms. The lowest BCUT2D eigenvalue weighted by molar-refractivity contribution is -0.132. The Balaban J connectivity index is 1.54. The largest absolute Gasteiger partial charge is 0.494 e. The molecular formula is C31H35N3O3. The van der Waals surface area contributed by atoms with Gasteiger partial charge in [-0.05, 0) is 68.7 Å². The molecule has 0 atom stereocenters. The molecule has 1 N–H and O–H groups in total. The lowest BCUT2D eigenvalue weighted by atomic mass is 10.1. The summed E-state index contributed by atoms with van der Waals surface area (Å²) >= 11 is 0. The third kappa shape index (κ3) is 6.58. The molecule has 4 rings (SSSR count). The number of benzene rings is 3. The average molecular weight is 498 g/mol. The Hall–Kier alpha value is -4.06. The number of aromatic nitrogens is 1. The topological polar surface area (TPSA) is 65.6 Å². The standard InChI is InChI=1S/C31H35N3O3/c1-4-37-27-16-14-24(15-17-27)21-33(19-18-26-20-32-29-13-9-8-12-28(26)29)30(35)22-34(23(2)3)31(36)25-10-6-5-7-11-25/h5-17,20,23,32H,4,18-19,21-22H2,1-3H3. The van der Waals surface area contributed by atoms with Gasteiger partial charge in [0.1, 0.15) is 12.3 Å². The summed E-state index contributed by atoms with van der Waals surface area (Å²) in [6.07, 6.45) is 2.73. The SMILES string of the molecule is CCOc1ccc(CN(CCc2c[nH]c3ccccc23)C(=O)CN(C(=O)c2ccccc2)C(C)C)cc1. The van der Waals surface area contributed by atoms with Gasteiger partial charge in [0.15, 0.2) is 0 Å². The number of carbonyl (C=O) groups is 2. The van der Waals surface area contributed by atoms with Gasteiger partial charge in [-0.2, -0.15) is 0 Å². The number of aromatic amines is 1. The van der Waals surface area contributed by atoms with E-state index < -0.39 is 0 Å². The molecule has 0 radical (unpaired) electrons. The van der Waals surface area contributed by atoms with Crippen molar-refractivity contribution in [1.82, 2.24) is 14.8 Å². The highest BCUT2D eigenvalue weighted by Crippen LogP contribution is 2.20. The van der Waals surface area contributed by atoms with Gasteiger partial charge in [-0.1, -0.05) is 48.5 Å². The van der Waals surface area contributed by atoms with Crippen molar-refractivity contribution in [3.63, 3.8) is 0 Å². The van der Waals surface area contributed by atoms with E-state index in [0.29, 0.717) is 31.7 Å². The zero-order valence-electron chi connectivity index (χ0n) is 21.8. The van der Waals surface area contributed by atoms with Crippen LogP contribution in [0.1, 0.15) is 42.3 Å². The summed E-state index contributed by atoms with van der Waals surface area (Å²) in [4.78, 5) is 33.7. The Morgan fingerprint density at radius 2 is 1.62 bits per heavy atom. The zero-order valence-corrected chi connectivity index (χ0v) is 21.8. The molecule has 0 aliphatic heterocycles. The molecule has 0 unspecified atom stereocenters. The number of para-hydroxylation sites is 1. The molecule has 1 aromatic heterocycles. The maximum Gasteiger partial charge on any atom is 0.254 e. The molecule has 0 aliphatic carbocycles. The van der Waals surface area contributed by atoms with E-state index in [1.165, 1.54) is 10.9 Å². The van der Waals surface area contributed by atoms with E-state index in [2.05, 4.69) is 17.1 Å². The number of hydrogen-bond donors (Lipinski definition) is 1. The Morgan fingerprint density at radius 1 is 0.919 bits per heavy atom. The van der Waals surface area contributed by atoms with Gasteiger partial charge >= 0.3 is 0 Å². The first kappa shape index (κ1) is 26.0. The second kappa shape index (κ2) is 12.3. The molecule has 4 aromatic rings. The van der Waals surface area contributed by atoms with E-state index in [9.17, 15) is 9.59 Å². The van der Waals surface area contributed by atoms with Gasteiger partial charge in [-0.15, -0.1) is 0 Å². The number of fused-ring (bicyclic) bond motifs is 1. The molecule has 1 heterocycles. The van der Waals surface area contributed by atoms with Crippen LogP contribution < -0.4 is 4.74 Å². The fraction of sp³-hybridized carbons (Fsp3) is 0.290. The average Bonchev–Trinajstić information content (AvgIpc) is 3.33. The van der Waals surface area contributed by atoms with Gasteiger partial charge in [0.2, 0.25) is 5.91 Å². The van der Waals surface area contributed by atoms with Crippen LogP contribution in [0, 0.1) is 0 Å². The number of ether oxygens (including phenoxy) is 1. The van der Waals surface area contributed by atoms with E-state index in [1.807, 2.05) is 86.5 Å². The molecule has 6 nitrogen and oxygen atoms in total. The van der Waals surface area contributed by atoms with Crippen molar-refractivity contribution in [2.45, 2.75) is 39.8 Å². The van der Waals surface area contributed by atoms with Crippen LogP contribution in [0.25, 0.3) is 10.9 Å². The summed E-state index contributed by atoms with van der Waals surface area (Å²) in [6.45, 7) is 7.47. The molecule has 37 heavy (non-hydrogen) atoms. The number of amides is 2. The molecule has 6 heteroatoms. The number of hydrogen-bond acceptors (Lipinski definition) is 3. The minimum Gasteiger partial charge on any atom is -0.494 e. The third-order valence-corrected chi connectivity index (χ3v) is 6.50. The van der Waals surface area contributed by atoms with Crippen LogP contribution >= 0.6 is 0 Å². The van der Waals surface area contributed by atoms with Gasteiger partial charge in [0.25, 0.3) is 5.91 Å². The smallest absolute Gasteiger partial charge is 0.254 e. The predicted molar refractivity (Wildman–Crippen MR) is 148 cm³/mol. The highest BCUT2D eigenvalue weighted by molar-refractivity contribution is 5.96. The lowest BCUT2D eigenvalue weighted by Gasteiger charge is -2.30. The monoisotopic (exact) mass is 497 g/mol. The van der Waals surface area contributed by atoms with Gasteiger partial charge in [0, 0.05) is 41.8 Å². The van der Waals surface area contributed by atoms with E-state index in [4.69, 9.17) is 4.74 Å². The number of H-pyrrole nitrogens is 1. The Bertz CT molecular complexity index is 1310. The molecule has 0 saturated carbocycles. The van der Waals surface area contributed by atoms with Crippen LogP contribution in [-0.2, 0) is 17.8 Å². The van der Waals surface area contributed by atoms with Crippen molar-refractivity contribution < 1.29 is 14.3 Å². The van der Waals surface area contributed by atoms with Gasteiger partial charge in [-0.25, -0.2) is 0 Å². The molecular weight excluding hydrogens is 462 g/mol. The Kier molecular flexibility index (Phi) is 8.62. The molecule has 0 saturated heterocycles. The quantitative estimate of drug-likeness (QED) is 0.290. The fourth-order valence-corrected chi connectivity index (χ4v) is 4.45. The lowest BCUT2D eigenvalue weighted by Crippen LogP contribution is -2.46. The van der Waals surface area contributed by atoms with Crippen molar-refractivity contribution in [2.75, 3.05) is 19.7 Å². The summed E-state index contributed by atoms with van der Waals surface area (Å²) in [6, 6.07) is 25.1. The van der Waals surface area contributed by atoms with Crippen molar-refractivity contribution in [3.8, 4) is 5.75 Å². The highest BCUT2D eigenvalue weighted by Gasteiger charge is 2.24. The van der Waals surface area contributed by atoms with E-state index in [0.717, 1.165) is 16.8 Å². The number of nitrogens with one attached hydrogen (secondary N) is 1. The van der Waals surface area contributed by atoms with Crippen LogP contribution in [0.3, 0.4) is 0 Å². The van der Waals surface area contributed by atoms with Crippen LogP contribution in [-0.4, -0.2) is 52.3 Å². The maximum atomic E-state index is 13.7. The van der Waals surface area contributed by atoms with Crippen molar-refractivity contribution in [1.29, 1.82) is 0 Å². The molecule has 2 amide bonds. The summed E-state index contributed by atoms with van der Waals surface area (Å²) < 4.78 is 5.57. The molecule has 3 aromatic carbocycles.